The Labute approximate surface area is 134 Å². The molecule has 2 aromatic rings. The molecule has 2 atom stereocenters. The van der Waals surface area contributed by atoms with Gasteiger partial charge in [-0.25, -0.2) is 4.39 Å². The molecule has 23 heavy (non-hydrogen) atoms. The molecule has 1 amide bonds. The zero-order valence-electron chi connectivity index (χ0n) is 13.1. The molecule has 1 aliphatic rings. The molecule has 0 radical (unpaired) electrons. The Hall–Kier alpha value is -2.14. The van der Waals surface area contributed by atoms with Crippen LogP contribution in [-0.4, -0.2) is 31.1 Å². The largest absolute Gasteiger partial charge is 0.467 e. The lowest BCUT2D eigenvalue weighted by Crippen LogP contribution is -2.34. The Kier molecular flexibility index (Phi) is 4.76. The lowest BCUT2D eigenvalue weighted by molar-refractivity contribution is -0.134. The summed E-state index contributed by atoms with van der Waals surface area (Å²) >= 11 is 0. The van der Waals surface area contributed by atoms with Gasteiger partial charge in [-0.1, -0.05) is 18.2 Å². The number of carbonyl (C=O) groups excluding carboxylic acids is 1. The van der Waals surface area contributed by atoms with Gasteiger partial charge in [0, 0.05) is 19.6 Å². The molecule has 0 aliphatic heterocycles. The molecule has 0 saturated heterocycles. The second kappa shape index (κ2) is 6.96. The van der Waals surface area contributed by atoms with Crippen molar-refractivity contribution in [1.82, 2.24) is 4.90 Å². The number of hydrogen-bond acceptors (Lipinski definition) is 3. The average Bonchev–Trinajstić information content (AvgIpc) is 3.18. The molecule has 2 unspecified atom stereocenters. The quantitative estimate of drug-likeness (QED) is 0.787. The number of furan rings is 1. The van der Waals surface area contributed by atoms with E-state index in [-0.39, 0.29) is 23.6 Å². The summed E-state index contributed by atoms with van der Waals surface area (Å²) in [6.07, 6.45) is 2.29. The number of nitrogens with zero attached hydrogens (tertiary/aromatic N) is 1. The Morgan fingerprint density at radius 1 is 1.35 bits per heavy atom. The van der Waals surface area contributed by atoms with E-state index in [1.165, 1.54) is 6.07 Å². The van der Waals surface area contributed by atoms with Crippen LogP contribution in [0.4, 0.5) is 4.39 Å². The van der Waals surface area contributed by atoms with Gasteiger partial charge in [0.15, 0.2) is 0 Å². The van der Waals surface area contributed by atoms with Gasteiger partial charge in [-0.05, 0) is 36.1 Å². The van der Waals surface area contributed by atoms with Crippen molar-refractivity contribution in [2.45, 2.75) is 18.9 Å². The van der Waals surface area contributed by atoms with Crippen molar-refractivity contribution >= 4 is 5.91 Å². The molecule has 4 nitrogen and oxygen atoms in total. The molecule has 1 heterocycles. The summed E-state index contributed by atoms with van der Waals surface area (Å²) in [5.41, 5.74) is 0.635. The minimum absolute atomic E-state index is 0.0228. The monoisotopic (exact) mass is 317 g/mol. The number of ether oxygens (including phenoxy) is 1. The van der Waals surface area contributed by atoms with Crippen LogP contribution in [0.15, 0.2) is 47.1 Å². The van der Waals surface area contributed by atoms with Gasteiger partial charge >= 0.3 is 0 Å². The first-order valence-corrected chi connectivity index (χ1v) is 7.75. The SMILES string of the molecule is COCCN(Cc1ccco1)C(=O)C1CC1c1ccccc1F. The second-order valence-corrected chi connectivity index (χ2v) is 5.80. The van der Waals surface area contributed by atoms with Crippen molar-refractivity contribution in [1.29, 1.82) is 0 Å². The lowest BCUT2D eigenvalue weighted by Gasteiger charge is -2.21. The number of methoxy groups -OCH3 is 1. The van der Waals surface area contributed by atoms with E-state index in [2.05, 4.69) is 0 Å². The van der Waals surface area contributed by atoms with Crippen LogP contribution >= 0.6 is 0 Å². The minimum Gasteiger partial charge on any atom is -0.467 e. The van der Waals surface area contributed by atoms with E-state index in [0.29, 0.717) is 31.7 Å². The van der Waals surface area contributed by atoms with E-state index in [1.807, 2.05) is 12.1 Å². The van der Waals surface area contributed by atoms with Gasteiger partial charge in [0.05, 0.1) is 19.4 Å². The third-order valence-electron chi connectivity index (χ3n) is 4.22. The Bertz CT molecular complexity index is 656. The molecule has 5 heteroatoms. The number of carbonyl (C=O) groups is 1. The summed E-state index contributed by atoms with van der Waals surface area (Å²) in [5, 5.41) is 0. The molecule has 1 aromatic carbocycles. The van der Waals surface area contributed by atoms with Crippen LogP contribution in [-0.2, 0) is 16.1 Å². The van der Waals surface area contributed by atoms with Crippen molar-refractivity contribution in [3.05, 3.63) is 59.8 Å². The van der Waals surface area contributed by atoms with Crippen molar-refractivity contribution in [2.24, 2.45) is 5.92 Å². The fourth-order valence-electron chi connectivity index (χ4n) is 2.88. The molecular weight excluding hydrogens is 297 g/mol. The lowest BCUT2D eigenvalue weighted by atomic mass is 10.1. The highest BCUT2D eigenvalue weighted by Crippen LogP contribution is 2.49. The number of hydrogen-bond donors (Lipinski definition) is 0. The zero-order chi connectivity index (χ0) is 16.2. The van der Waals surface area contributed by atoms with Crippen molar-refractivity contribution in [3.8, 4) is 0 Å². The van der Waals surface area contributed by atoms with Crippen LogP contribution in [0.25, 0.3) is 0 Å². The second-order valence-electron chi connectivity index (χ2n) is 5.80. The molecule has 1 saturated carbocycles. The van der Waals surface area contributed by atoms with Crippen LogP contribution in [0.5, 0.6) is 0 Å². The maximum Gasteiger partial charge on any atom is 0.226 e. The molecule has 3 rings (SSSR count). The molecular formula is C18H20FNO3. The molecule has 0 bridgehead atoms. The maximum atomic E-state index is 13.9. The van der Waals surface area contributed by atoms with Crippen molar-refractivity contribution in [2.75, 3.05) is 20.3 Å². The van der Waals surface area contributed by atoms with Crippen LogP contribution in [0.2, 0.25) is 0 Å². The van der Waals surface area contributed by atoms with Gasteiger partial charge in [-0.3, -0.25) is 4.79 Å². The summed E-state index contributed by atoms with van der Waals surface area (Å²) in [6.45, 7) is 1.37. The van der Waals surface area contributed by atoms with E-state index in [1.54, 1.807) is 36.5 Å². The fraction of sp³-hybridized carbons (Fsp3) is 0.389. The summed E-state index contributed by atoms with van der Waals surface area (Å²) in [4.78, 5) is 14.5. The Morgan fingerprint density at radius 2 is 2.17 bits per heavy atom. The summed E-state index contributed by atoms with van der Waals surface area (Å²) in [7, 11) is 1.61. The van der Waals surface area contributed by atoms with E-state index < -0.39 is 0 Å². The standard InChI is InChI=1S/C18H20FNO3/c1-22-10-8-20(12-13-5-4-9-23-13)18(21)16-11-15(16)14-6-2-3-7-17(14)19/h2-7,9,15-16H,8,10-12H2,1H3. The summed E-state index contributed by atoms with van der Waals surface area (Å²) in [5.74, 6) is 0.357. The predicted molar refractivity (Wildman–Crippen MR) is 83.2 cm³/mol. The topological polar surface area (TPSA) is 42.7 Å². The molecule has 1 aromatic heterocycles. The minimum atomic E-state index is -0.234. The highest BCUT2D eigenvalue weighted by molar-refractivity contribution is 5.83. The number of benzene rings is 1. The third-order valence-corrected chi connectivity index (χ3v) is 4.22. The molecule has 122 valence electrons. The Balaban J connectivity index is 1.68. The van der Waals surface area contributed by atoms with Crippen molar-refractivity contribution < 1.29 is 18.3 Å². The van der Waals surface area contributed by atoms with Gasteiger partial charge in [0.2, 0.25) is 5.91 Å². The van der Waals surface area contributed by atoms with Crippen LogP contribution in [0.1, 0.15) is 23.7 Å². The van der Waals surface area contributed by atoms with Crippen LogP contribution < -0.4 is 0 Å². The van der Waals surface area contributed by atoms with E-state index >= 15 is 0 Å². The predicted octanol–water partition coefficient (Wildman–Crippen LogP) is 3.20. The zero-order valence-corrected chi connectivity index (χ0v) is 13.1. The summed E-state index contributed by atoms with van der Waals surface area (Å²) < 4.78 is 24.3. The van der Waals surface area contributed by atoms with Crippen LogP contribution in [0, 0.1) is 11.7 Å². The first kappa shape index (κ1) is 15.7. The van der Waals surface area contributed by atoms with Crippen LogP contribution in [0.3, 0.4) is 0 Å². The fourth-order valence-corrected chi connectivity index (χ4v) is 2.88. The molecule has 0 N–H and O–H groups in total. The maximum absolute atomic E-state index is 13.9. The number of amides is 1. The van der Waals surface area contributed by atoms with Gasteiger partial charge < -0.3 is 14.1 Å². The summed E-state index contributed by atoms with van der Waals surface area (Å²) in [6, 6.07) is 10.3. The van der Waals surface area contributed by atoms with Gasteiger partial charge in [-0.2, -0.15) is 0 Å². The van der Waals surface area contributed by atoms with Gasteiger partial charge in [-0.15, -0.1) is 0 Å². The molecule has 1 fully saturated rings. The van der Waals surface area contributed by atoms with E-state index in [9.17, 15) is 9.18 Å². The van der Waals surface area contributed by atoms with Gasteiger partial charge in [0.1, 0.15) is 11.6 Å². The molecule has 1 aliphatic carbocycles. The number of halogens is 1. The van der Waals surface area contributed by atoms with Crippen molar-refractivity contribution in [3.63, 3.8) is 0 Å². The smallest absolute Gasteiger partial charge is 0.226 e. The molecule has 0 spiro atoms. The highest BCUT2D eigenvalue weighted by Gasteiger charge is 2.46. The average molecular weight is 317 g/mol. The normalized spacial score (nSPS) is 19.6. The highest BCUT2D eigenvalue weighted by atomic mass is 19.1. The van der Waals surface area contributed by atoms with E-state index in [0.717, 1.165) is 5.76 Å². The van der Waals surface area contributed by atoms with E-state index in [4.69, 9.17) is 9.15 Å². The Morgan fingerprint density at radius 3 is 2.87 bits per heavy atom. The number of rotatable bonds is 7. The van der Waals surface area contributed by atoms with Gasteiger partial charge in [0.25, 0.3) is 0 Å². The third kappa shape index (κ3) is 3.62. The first-order chi connectivity index (χ1) is 11.2. The first-order valence-electron chi connectivity index (χ1n) is 7.75.